The number of aliphatic imine (C=N–C) groups is 1. The van der Waals surface area contributed by atoms with Gasteiger partial charge in [0.15, 0.2) is 5.84 Å². The van der Waals surface area contributed by atoms with Gasteiger partial charge in [-0.1, -0.05) is 6.07 Å². The van der Waals surface area contributed by atoms with E-state index in [1.165, 1.54) is 15.8 Å². The monoisotopic (exact) mass is 434 g/mol. The highest BCUT2D eigenvalue weighted by Crippen LogP contribution is 2.35. The summed E-state index contributed by atoms with van der Waals surface area (Å²) >= 11 is 1.55. The van der Waals surface area contributed by atoms with Gasteiger partial charge in [-0.05, 0) is 62.7 Å². The van der Waals surface area contributed by atoms with Crippen molar-refractivity contribution in [1.29, 1.82) is 0 Å². The smallest absolute Gasteiger partial charge is 0.236 e. The summed E-state index contributed by atoms with van der Waals surface area (Å²) in [5.74, 6) is 1.45. The number of aromatic nitrogens is 2. The molecule has 1 fully saturated rings. The van der Waals surface area contributed by atoms with E-state index in [2.05, 4.69) is 39.6 Å². The van der Waals surface area contributed by atoms with Crippen LogP contribution in [0.2, 0.25) is 0 Å². The van der Waals surface area contributed by atoms with E-state index in [9.17, 15) is 4.79 Å². The SMILES string of the molecule is CN(C)CC(=O)N1CCC(c2nsc3cc(NC4=NCc5cccnc54)ccc23)CC1. The molecule has 1 N–H and O–H groups in total. The summed E-state index contributed by atoms with van der Waals surface area (Å²) in [6.45, 7) is 2.77. The van der Waals surface area contributed by atoms with Crippen LogP contribution in [0.25, 0.3) is 10.1 Å². The van der Waals surface area contributed by atoms with Crippen LogP contribution in [-0.2, 0) is 11.3 Å². The topological polar surface area (TPSA) is 73.7 Å². The van der Waals surface area contributed by atoms with Gasteiger partial charge in [0.2, 0.25) is 5.91 Å². The Balaban J connectivity index is 1.28. The summed E-state index contributed by atoms with van der Waals surface area (Å²) in [4.78, 5) is 25.3. The second-order valence-electron chi connectivity index (χ2n) is 8.47. The van der Waals surface area contributed by atoms with Crippen molar-refractivity contribution in [3.63, 3.8) is 0 Å². The number of nitrogens with zero attached hydrogens (tertiary/aromatic N) is 5. The van der Waals surface area contributed by atoms with Crippen molar-refractivity contribution in [2.45, 2.75) is 25.3 Å². The first-order valence-corrected chi connectivity index (χ1v) is 11.4. The average molecular weight is 435 g/mol. The lowest BCUT2D eigenvalue weighted by Crippen LogP contribution is -2.42. The molecule has 1 saturated heterocycles. The standard InChI is InChI=1S/C23H26N6OS/c1-28(2)14-20(30)29-10-7-15(8-11-29)21-18-6-5-17(12-19(18)31-27-21)26-23-22-16(13-25-23)4-3-9-24-22/h3-6,9,12,15H,7-8,10-11,13-14H2,1-2H3,(H,25,26). The van der Waals surface area contributed by atoms with Gasteiger partial charge in [-0.3, -0.25) is 14.8 Å². The number of fused-ring (bicyclic) bond motifs is 2. The van der Waals surface area contributed by atoms with Crippen LogP contribution >= 0.6 is 11.5 Å². The van der Waals surface area contributed by atoms with Crippen molar-refractivity contribution in [2.24, 2.45) is 4.99 Å². The molecule has 2 aliphatic rings. The Labute approximate surface area is 186 Å². The van der Waals surface area contributed by atoms with Gasteiger partial charge in [0, 0.05) is 41.8 Å². The van der Waals surface area contributed by atoms with Crippen molar-refractivity contribution in [2.75, 3.05) is 39.0 Å². The Hall–Kier alpha value is -2.84. The Morgan fingerprint density at radius 1 is 1.26 bits per heavy atom. The third kappa shape index (κ3) is 4.05. The first-order valence-electron chi connectivity index (χ1n) is 10.7. The highest BCUT2D eigenvalue weighted by molar-refractivity contribution is 7.13. The zero-order chi connectivity index (χ0) is 21.4. The summed E-state index contributed by atoms with van der Waals surface area (Å²) in [5, 5.41) is 4.65. The highest BCUT2D eigenvalue weighted by atomic mass is 32.1. The number of hydrogen-bond donors (Lipinski definition) is 1. The number of amidine groups is 1. The normalized spacial score (nSPS) is 16.6. The van der Waals surface area contributed by atoms with Gasteiger partial charge in [-0.25, -0.2) is 0 Å². The van der Waals surface area contributed by atoms with Crippen LogP contribution in [0.4, 0.5) is 5.69 Å². The number of piperidine rings is 1. The van der Waals surface area contributed by atoms with Crippen LogP contribution in [0.5, 0.6) is 0 Å². The predicted molar refractivity (Wildman–Crippen MR) is 125 cm³/mol. The zero-order valence-corrected chi connectivity index (χ0v) is 18.7. The number of likely N-dealkylation sites (tertiary alicyclic amines) is 1. The zero-order valence-electron chi connectivity index (χ0n) is 17.8. The number of rotatable bonds is 4. The Morgan fingerprint density at radius 2 is 2.10 bits per heavy atom. The van der Waals surface area contributed by atoms with Crippen molar-refractivity contribution >= 4 is 39.0 Å². The number of likely N-dealkylation sites (N-methyl/N-ethyl adjacent to an activating group) is 1. The maximum absolute atomic E-state index is 12.3. The number of pyridine rings is 1. The van der Waals surface area contributed by atoms with Crippen LogP contribution in [-0.4, -0.2) is 64.6 Å². The number of benzene rings is 1. The van der Waals surface area contributed by atoms with Gasteiger partial charge in [0.1, 0.15) is 5.69 Å². The van der Waals surface area contributed by atoms with Gasteiger partial charge in [0.05, 0.1) is 23.5 Å². The van der Waals surface area contributed by atoms with E-state index < -0.39 is 0 Å². The van der Waals surface area contributed by atoms with Crippen LogP contribution in [0.3, 0.4) is 0 Å². The van der Waals surface area contributed by atoms with E-state index in [0.29, 0.717) is 19.0 Å². The molecular formula is C23H26N6OS. The largest absolute Gasteiger partial charge is 0.342 e. The third-order valence-electron chi connectivity index (χ3n) is 5.97. The quantitative estimate of drug-likeness (QED) is 0.682. The fourth-order valence-corrected chi connectivity index (χ4v) is 5.25. The Morgan fingerprint density at radius 3 is 2.90 bits per heavy atom. The van der Waals surface area contributed by atoms with Gasteiger partial charge in [-0.15, -0.1) is 0 Å². The molecule has 0 bridgehead atoms. The first kappa shape index (κ1) is 20.1. The Kier molecular flexibility index (Phi) is 5.41. The fraction of sp³-hybridized carbons (Fsp3) is 0.391. The molecule has 3 aromatic rings. The van der Waals surface area contributed by atoms with E-state index >= 15 is 0 Å². The van der Waals surface area contributed by atoms with Gasteiger partial charge >= 0.3 is 0 Å². The van der Waals surface area contributed by atoms with Crippen LogP contribution in [0.15, 0.2) is 41.5 Å². The lowest BCUT2D eigenvalue weighted by Gasteiger charge is -2.32. The molecule has 2 aliphatic heterocycles. The third-order valence-corrected chi connectivity index (χ3v) is 6.79. The number of amides is 1. The minimum absolute atomic E-state index is 0.216. The summed E-state index contributed by atoms with van der Waals surface area (Å²) in [5.41, 5.74) is 4.27. The van der Waals surface area contributed by atoms with Crippen molar-refractivity contribution < 1.29 is 4.79 Å². The molecule has 8 heteroatoms. The molecule has 31 heavy (non-hydrogen) atoms. The van der Waals surface area contributed by atoms with E-state index in [4.69, 9.17) is 4.37 Å². The molecule has 4 heterocycles. The molecule has 0 radical (unpaired) electrons. The van der Waals surface area contributed by atoms with Crippen LogP contribution in [0.1, 0.15) is 35.7 Å². The summed E-state index contributed by atoms with van der Waals surface area (Å²) in [6.07, 6.45) is 3.74. The van der Waals surface area contributed by atoms with Gasteiger partial charge in [0.25, 0.3) is 0 Å². The minimum atomic E-state index is 0.216. The molecule has 5 rings (SSSR count). The number of carbonyl (C=O) groups excluding carboxylic acids is 1. The lowest BCUT2D eigenvalue weighted by atomic mass is 9.91. The lowest BCUT2D eigenvalue weighted by molar-refractivity contribution is -0.132. The molecule has 0 unspecified atom stereocenters. The average Bonchev–Trinajstić information content (AvgIpc) is 3.38. The van der Waals surface area contributed by atoms with Crippen molar-refractivity contribution in [3.05, 3.63) is 53.5 Å². The Bertz CT molecular complexity index is 1150. The number of carbonyl (C=O) groups is 1. The van der Waals surface area contributed by atoms with Gasteiger partial charge in [-0.2, -0.15) is 4.37 Å². The van der Waals surface area contributed by atoms with Crippen molar-refractivity contribution in [3.8, 4) is 0 Å². The molecule has 1 aromatic carbocycles. The summed E-state index contributed by atoms with van der Waals surface area (Å²) in [7, 11) is 3.87. The number of nitrogens with one attached hydrogen (secondary N) is 1. The fourth-order valence-electron chi connectivity index (χ4n) is 4.36. The van der Waals surface area contributed by atoms with E-state index in [1.807, 2.05) is 30.0 Å². The summed E-state index contributed by atoms with van der Waals surface area (Å²) in [6, 6.07) is 10.4. The molecule has 160 valence electrons. The maximum Gasteiger partial charge on any atom is 0.236 e. The van der Waals surface area contributed by atoms with Gasteiger partial charge < -0.3 is 15.1 Å². The molecule has 0 aliphatic carbocycles. The maximum atomic E-state index is 12.3. The first-order chi connectivity index (χ1) is 15.1. The summed E-state index contributed by atoms with van der Waals surface area (Å²) < 4.78 is 5.98. The second-order valence-corrected chi connectivity index (χ2v) is 9.28. The molecule has 0 atom stereocenters. The molecule has 7 nitrogen and oxygen atoms in total. The molecule has 1 amide bonds. The van der Waals surface area contributed by atoms with E-state index in [-0.39, 0.29) is 5.91 Å². The number of hydrogen-bond acceptors (Lipinski definition) is 7. The predicted octanol–water partition coefficient (Wildman–Crippen LogP) is 3.33. The van der Waals surface area contributed by atoms with E-state index in [0.717, 1.165) is 48.7 Å². The second kappa shape index (κ2) is 8.36. The van der Waals surface area contributed by atoms with Crippen molar-refractivity contribution in [1.82, 2.24) is 19.2 Å². The molecular weight excluding hydrogens is 408 g/mol. The van der Waals surface area contributed by atoms with Crippen LogP contribution in [0, 0.1) is 0 Å². The highest BCUT2D eigenvalue weighted by Gasteiger charge is 2.27. The molecule has 0 saturated carbocycles. The molecule has 0 spiro atoms. The minimum Gasteiger partial charge on any atom is -0.342 e. The van der Waals surface area contributed by atoms with E-state index in [1.54, 1.807) is 17.7 Å². The van der Waals surface area contributed by atoms with Crippen LogP contribution < -0.4 is 5.32 Å². The molecule has 2 aromatic heterocycles. The number of anilines is 1.